The highest BCUT2D eigenvalue weighted by molar-refractivity contribution is 5.95. The number of benzene rings is 1. The molecule has 0 aliphatic carbocycles. The van der Waals surface area contributed by atoms with Crippen LogP contribution in [0.5, 0.6) is 11.5 Å². The van der Waals surface area contributed by atoms with Gasteiger partial charge in [0.15, 0.2) is 11.5 Å². The molecule has 1 aromatic carbocycles. The summed E-state index contributed by atoms with van der Waals surface area (Å²) < 4.78 is 10.6. The third kappa shape index (κ3) is 4.25. The molecule has 0 radical (unpaired) electrons. The van der Waals surface area contributed by atoms with Crippen LogP contribution in [0.1, 0.15) is 36.0 Å². The van der Waals surface area contributed by atoms with E-state index >= 15 is 0 Å². The molecule has 0 aromatic heterocycles. The van der Waals surface area contributed by atoms with Crippen LogP contribution in [0, 0.1) is 0 Å². The molecule has 26 heavy (non-hydrogen) atoms. The van der Waals surface area contributed by atoms with Crippen LogP contribution in [0.4, 0.5) is 0 Å². The molecule has 1 N–H and O–H groups in total. The lowest BCUT2D eigenvalue weighted by Gasteiger charge is -2.35. The molecule has 1 saturated heterocycles. The van der Waals surface area contributed by atoms with Crippen molar-refractivity contribution in [3.05, 3.63) is 23.8 Å². The number of aliphatic carboxylic acids is 1. The molecule has 0 spiro atoms. The molecule has 8 heteroatoms. The zero-order valence-corrected chi connectivity index (χ0v) is 14.5. The summed E-state index contributed by atoms with van der Waals surface area (Å²) in [7, 11) is 0. The Kier molecular flexibility index (Phi) is 5.60. The number of rotatable bonds is 6. The minimum atomic E-state index is -0.840. The highest BCUT2D eigenvalue weighted by Gasteiger charge is 2.25. The molecule has 2 aliphatic rings. The van der Waals surface area contributed by atoms with Gasteiger partial charge in [-0.3, -0.25) is 14.4 Å². The minimum Gasteiger partial charge on any atom is -0.481 e. The number of carboxylic acid groups (broad SMARTS) is 1. The summed E-state index contributed by atoms with van der Waals surface area (Å²) in [5.74, 6) is 0.307. The second kappa shape index (κ2) is 8.07. The number of carbonyl (C=O) groups excluding carboxylic acids is 2. The number of unbranched alkanes of at least 4 members (excludes halogenated alkanes) is 1. The van der Waals surface area contributed by atoms with Crippen molar-refractivity contribution < 1.29 is 29.0 Å². The highest BCUT2D eigenvalue weighted by Crippen LogP contribution is 2.32. The standard InChI is InChI=1S/C18H22N2O6/c21-16(3-1-2-4-17(22)23)19-7-9-20(10-8-19)18(24)13-5-6-14-15(11-13)26-12-25-14/h5-6,11H,1-4,7-10,12H2,(H,22,23). The van der Waals surface area contributed by atoms with Gasteiger partial charge in [0, 0.05) is 44.6 Å². The first-order valence-corrected chi connectivity index (χ1v) is 8.73. The van der Waals surface area contributed by atoms with Crippen LogP contribution in [-0.4, -0.2) is 65.7 Å². The Morgan fingerprint density at radius 1 is 0.923 bits per heavy atom. The van der Waals surface area contributed by atoms with Crippen LogP contribution in [0.25, 0.3) is 0 Å². The fraction of sp³-hybridized carbons (Fsp3) is 0.500. The molecule has 2 heterocycles. The fourth-order valence-corrected chi connectivity index (χ4v) is 3.08. The monoisotopic (exact) mass is 362 g/mol. The first-order chi connectivity index (χ1) is 12.5. The lowest BCUT2D eigenvalue weighted by Crippen LogP contribution is -2.50. The van der Waals surface area contributed by atoms with Crippen molar-refractivity contribution in [1.82, 2.24) is 9.80 Å². The predicted molar refractivity (Wildman–Crippen MR) is 91.2 cm³/mol. The van der Waals surface area contributed by atoms with Crippen molar-refractivity contribution in [2.75, 3.05) is 33.0 Å². The van der Waals surface area contributed by atoms with Crippen LogP contribution >= 0.6 is 0 Å². The van der Waals surface area contributed by atoms with E-state index in [2.05, 4.69) is 0 Å². The molecule has 1 aromatic rings. The van der Waals surface area contributed by atoms with Crippen molar-refractivity contribution in [3.63, 3.8) is 0 Å². The van der Waals surface area contributed by atoms with Crippen molar-refractivity contribution in [2.45, 2.75) is 25.7 Å². The van der Waals surface area contributed by atoms with E-state index in [1.54, 1.807) is 28.0 Å². The van der Waals surface area contributed by atoms with Crippen molar-refractivity contribution >= 4 is 17.8 Å². The number of carboxylic acids is 1. The maximum atomic E-state index is 12.6. The Hall–Kier alpha value is -2.77. The van der Waals surface area contributed by atoms with E-state index in [0.717, 1.165) is 0 Å². The third-order valence-electron chi connectivity index (χ3n) is 4.57. The molecule has 0 bridgehead atoms. The summed E-state index contributed by atoms with van der Waals surface area (Å²) in [6.45, 7) is 2.12. The second-order valence-electron chi connectivity index (χ2n) is 6.34. The number of hydrogen-bond donors (Lipinski definition) is 1. The molecule has 1 fully saturated rings. The van der Waals surface area contributed by atoms with Gasteiger partial charge >= 0.3 is 5.97 Å². The maximum absolute atomic E-state index is 12.6. The van der Waals surface area contributed by atoms with E-state index in [0.29, 0.717) is 62.5 Å². The highest BCUT2D eigenvalue weighted by atomic mass is 16.7. The summed E-state index contributed by atoms with van der Waals surface area (Å²) in [6.07, 6.45) is 1.51. The van der Waals surface area contributed by atoms with Gasteiger partial charge in [0.2, 0.25) is 12.7 Å². The number of ether oxygens (including phenoxy) is 2. The SMILES string of the molecule is O=C(O)CCCCC(=O)N1CCN(C(=O)c2ccc3c(c2)OCO3)CC1. The number of carbonyl (C=O) groups is 3. The summed E-state index contributed by atoms with van der Waals surface area (Å²) in [5, 5.41) is 8.61. The largest absolute Gasteiger partial charge is 0.481 e. The topological polar surface area (TPSA) is 96.4 Å². The summed E-state index contributed by atoms with van der Waals surface area (Å²) >= 11 is 0. The van der Waals surface area contributed by atoms with Crippen molar-refractivity contribution in [2.24, 2.45) is 0 Å². The zero-order valence-electron chi connectivity index (χ0n) is 14.5. The summed E-state index contributed by atoms with van der Waals surface area (Å²) in [6, 6.07) is 5.13. The molecule has 0 atom stereocenters. The Labute approximate surface area is 151 Å². The number of fused-ring (bicyclic) bond motifs is 1. The van der Waals surface area contributed by atoms with Gasteiger partial charge in [0.1, 0.15) is 0 Å². The first kappa shape index (κ1) is 18.0. The van der Waals surface area contributed by atoms with E-state index in [1.807, 2.05) is 0 Å². The summed E-state index contributed by atoms with van der Waals surface area (Å²) in [5.41, 5.74) is 0.544. The second-order valence-corrected chi connectivity index (χ2v) is 6.34. The Morgan fingerprint density at radius 2 is 1.58 bits per heavy atom. The number of hydrogen-bond acceptors (Lipinski definition) is 5. The average molecular weight is 362 g/mol. The van der Waals surface area contributed by atoms with E-state index in [9.17, 15) is 14.4 Å². The molecular formula is C18H22N2O6. The summed E-state index contributed by atoms with van der Waals surface area (Å²) in [4.78, 5) is 38.7. The third-order valence-corrected chi connectivity index (χ3v) is 4.57. The van der Waals surface area contributed by atoms with E-state index < -0.39 is 5.97 Å². The van der Waals surface area contributed by atoms with Gasteiger partial charge < -0.3 is 24.4 Å². The quantitative estimate of drug-likeness (QED) is 0.767. The Balaban J connectivity index is 1.46. The van der Waals surface area contributed by atoms with Crippen LogP contribution in [-0.2, 0) is 9.59 Å². The van der Waals surface area contributed by atoms with Gasteiger partial charge in [-0.1, -0.05) is 0 Å². The smallest absolute Gasteiger partial charge is 0.303 e. The Bertz CT molecular complexity index is 697. The fourth-order valence-electron chi connectivity index (χ4n) is 3.08. The van der Waals surface area contributed by atoms with Gasteiger partial charge in [-0.25, -0.2) is 0 Å². The normalized spacial score (nSPS) is 15.8. The molecule has 2 aliphatic heterocycles. The number of amides is 2. The van der Waals surface area contributed by atoms with Crippen molar-refractivity contribution in [1.29, 1.82) is 0 Å². The van der Waals surface area contributed by atoms with Gasteiger partial charge in [-0.05, 0) is 31.0 Å². The average Bonchev–Trinajstić information content (AvgIpc) is 3.12. The zero-order chi connectivity index (χ0) is 18.5. The molecule has 0 saturated carbocycles. The van der Waals surface area contributed by atoms with Gasteiger partial charge in [0.25, 0.3) is 5.91 Å². The molecule has 3 rings (SSSR count). The van der Waals surface area contributed by atoms with Gasteiger partial charge in [-0.15, -0.1) is 0 Å². The predicted octanol–water partition coefficient (Wildman–Crippen LogP) is 1.34. The number of nitrogens with zero attached hydrogens (tertiary/aromatic N) is 2. The maximum Gasteiger partial charge on any atom is 0.303 e. The van der Waals surface area contributed by atoms with Gasteiger partial charge in [-0.2, -0.15) is 0 Å². The van der Waals surface area contributed by atoms with E-state index in [4.69, 9.17) is 14.6 Å². The van der Waals surface area contributed by atoms with Crippen molar-refractivity contribution in [3.8, 4) is 11.5 Å². The lowest BCUT2D eigenvalue weighted by molar-refractivity contribution is -0.137. The van der Waals surface area contributed by atoms with E-state index in [-0.39, 0.29) is 25.0 Å². The van der Waals surface area contributed by atoms with E-state index in [1.165, 1.54) is 0 Å². The lowest BCUT2D eigenvalue weighted by atomic mass is 10.1. The minimum absolute atomic E-state index is 0.0190. The van der Waals surface area contributed by atoms with Crippen LogP contribution < -0.4 is 9.47 Å². The van der Waals surface area contributed by atoms with Crippen LogP contribution in [0.15, 0.2) is 18.2 Å². The Morgan fingerprint density at radius 3 is 2.31 bits per heavy atom. The van der Waals surface area contributed by atoms with Crippen LogP contribution in [0.2, 0.25) is 0 Å². The van der Waals surface area contributed by atoms with Gasteiger partial charge in [0.05, 0.1) is 0 Å². The van der Waals surface area contributed by atoms with Crippen LogP contribution in [0.3, 0.4) is 0 Å². The molecule has 8 nitrogen and oxygen atoms in total. The first-order valence-electron chi connectivity index (χ1n) is 8.73. The molecular weight excluding hydrogens is 340 g/mol. The molecule has 0 unspecified atom stereocenters. The molecule has 140 valence electrons. The molecule has 2 amide bonds. The number of piperazine rings is 1.